The lowest BCUT2D eigenvalue weighted by atomic mass is 10.2. The van der Waals surface area contributed by atoms with Gasteiger partial charge in [-0.1, -0.05) is 0 Å². The molecule has 1 unspecified atom stereocenters. The van der Waals surface area contributed by atoms with E-state index >= 15 is 0 Å². The van der Waals surface area contributed by atoms with Crippen molar-refractivity contribution in [3.05, 3.63) is 18.3 Å². The highest BCUT2D eigenvalue weighted by molar-refractivity contribution is 5.93. The number of nitrogens with two attached hydrogens (primary N) is 1. The highest BCUT2D eigenvalue weighted by Gasteiger charge is 2.28. The summed E-state index contributed by atoms with van der Waals surface area (Å²) in [7, 11) is 0. The highest BCUT2D eigenvalue weighted by atomic mass is 16.5. The van der Waals surface area contributed by atoms with E-state index in [2.05, 4.69) is 4.98 Å². The van der Waals surface area contributed by atoms with Crippen LogP contribution >= 0.6 is 0 Å². The number of anilines is 1. The van der Waals surface area contributed by atoms with E-state index in [1.165, 1.54) is 4.90 Å². The number of carbonyl (C=O) groups is 1. The van der Waals surface area contributed by atoms with Gasteiger partial charge in [0.25, 0.3) is 0 Å². The lowest BCUT2D eigenvalue weighted by Gasteiger charge is -2.32. The molecule has 0 radical (unpaired) electrons. The smallest absolute Gasteiger partial charge is 0.319 e. The van der Waals surface area contributed by atoms with Crippen LogP contribution in [-0.2, 0) is 0 Å². The van der Waals surface area contributed by atoms with Crippen LogP contribution in [0.2, 0.25) is 0 Å². The Morgan fingerprint density at radius 2 is 2.57 bits per heavy atom. The SMILES string of the molecule is CC1COc2ncccc2N1C(N)=O. The van der Waals surface area contributed by atoms with Crippen molar-refractivity contribution in [3.8, 4) is 5.88 Å². The van der Waals surface area contributed by atoms with Gasteiger partial charge in [0.2, 0.25) is 5.88 Å². The molecule has 1 aliphatic heterocycles. The van der Waals surface area contributed by atoms with E-state index in [4.69, 9.17) is 10.5 Å². The van der Waals surface area contributed by atoms with E-state index in [-0.39, 0.29) is 6.04 Å². The molecule has 1 atom stereocenters. The van der Waals surface area contributed by atoms with Crippen LogP contribution in [0.25, 0.3) is 0 Å². The van der Waals surface area contributed by atoms with E-state index in [0.29, 0.717) is 18.2 Å². The molecule has 1 aromatic heterocycles. The molecule has 0 fully saturated rings. The normalized spacial score (nSPS) is 19.8. The molecule has 0 spiro atoms. The fourth-order valence-corrected chi connectivity index (χ4v) is 1.52. The number of carbonyl (C=O) groups excluding carboxylic acids is 1. The molecular weight excluding hydrogens is 182 g/mol. The molecule has 0 aromatic carbocycles. The topological polar surface area (TPSA) is 68.4 Å². The van der Waals surface area contributed by atoms with Crippen molar-refractivity contribution < 1.29 is 9.53 Å². The Balaban J connectivity index is 2.46. The zero-order valence-corrected chi connectivity index (χ0v) is 7.80. The summed E-state index contributed by atoms with van der Waals surface area (Å²) in [4.78, 5) is 16.7. The molecule has 5 heteroatoms. The summed E-state index contributed by atoms with van der Waals surface area (Å²) in [6.07, 6.45) is 1.62. The second-order valence-electron chi connectivity index (χ2n) is 3.20. The Morgan fingerprint density at radius 3 is 3.29 bits per heavy atom. The quantitative estimate of drug-likeness (QED) is 0.661. The number of rotatable bonds is 0. The summed E-state index contributed by atoms with van der Waals surface area (Å²) in [6.45, 7) is 2.30. The zero-order chi connectivity index (χ0) is 10.1. The fraction of sp³-hybridized carbons (Fsp3) is 0.333. The van der Waals surface area contributed by atoms with Gasteiger partial charge >= 0.3 is 6.03 Å². The number of ether oxygens (including phenoxy) is 1. The summed E-state index contributed by atoms with van der Waals surface area (Å²) in [5.74, 6) is 0.462. The first-order valence-corrected chi connectivity index (χ1v) is 4.36. The largest absolute Gasteiger partial charge is 0.474 e. The standard InChI is InChI=1S/C9H11N3O2/c1-6-5-14-8-7(3-2-4-11-8)12(6)9(10)13/h2-4,6H,5H2,1H3,(H2,10,13). The molecule has 14 heavy (non-hydrogen) atoms. The van der Waals surface area contributed by atoms with Gasteiger partial charge in [-0.2, -0.15) is 0 Å². The van der Waals surface area contributed by atoms with Crippen molar-refractivity contribution in [2.24, 2.45) is 5.73 Å². The zero-order valence-electron chi connectivity index (χ0n) is 7.80. The fourth-order valence-electron chi connectivity index (χ4n) is 1.52. The third-order valence-corrected chi connectivity index (χ3v) is 2.15. The van der Waals surface area contributed by atoms with Crippen LogP contribution < -0.4 is 15.4 Å². The molecule has 1 aliphatic rings. The minimum Gasteiger partial charge on any atom is -0.474 e. The van der Waals surface area contributed by atoms with Gasteiger partial charge in [-0.25, -0.2) is 9.78 Å². The number of amides is 2. The van der Waals surface area contributed by atoms with Crippen molar-refractivity contribution in [1.29, 1.82) is 0 Å². The molecule has 2 N–H and O–H groups in total. The maximum atomic E-state index is 11.2. The first-order chi connectivity index (χ1) is 6.70. The second kappa shape index (κ2) is 3.17. The van der Waals surface area contributed by atoms with Gasteiger partial charge < -0.3 is 10.5 Å². The van der Waals surface area contributed by atoms with Gasteiger partial charge in [0.05, 0.1) is 6.04 Å². The monoisotopic (exact) mass is 193 g/mol. The summed E-state index contributed by atoms with van der Waals surface area (Å²) in [5.41, 5.74) is 5.91. The molecular formula is C9H11N3O2. The Kier molecular flexibility index (Phi) is 1.99. The maximum absolute atomic E-state index is 11.2. The molecule has 2 amide bonds. The first-order valence-electron chi connectivity index (χ1n) is 4.36. The molecule has 0 bridgehead atoms. The van der Waals surface area contributed by atoms with Crippen LogP contribution in [0.3, 0.4) is 0 Å². The molecule has 1 aromatic rings. The van der Waals surface area contributed by atoms with Crippen LogP contribution in [0.1, 0.15) is 6.92 Å². The lowest BCUT2D eigenvalue weighted by molar-refractivity contribution is 0.233. The van der Waals surface area contributed by atoms with Crippen molar-refractivity contribution in [2.75, 3.05) is 11.5 Å². The van der Waals surface area contributed by atoms with Gasteiger partial charge in [-0.05, 0) is 19.1 Å². The van der Waals surface area contributed by atoms with Gasteiger partial charge in [-0.15, -0.1) is 0 Å². The number of primary amides is 1. The number of aromatic nitrogens is 1. The molecule has 0 aliphatic carbocycles. The summed E-state index contributed by atoms with van der Waals surface area (Å²) in [5, 5.41) is 0. The van der Waals surface area contributed by atoms with Crippen LogP contribution in [0.15, 0.2) is 18.3 Å². The summed E-state index contributed by atoms with van der Waals surface area (Å²) >= 11 is 0. The molecule has 74 valence electrons. The second-order valence-corrected chi connectivity index (χ2v) is 3.20. The predicted molar refractivity (Wildman–Crippen MR) is 51.3 cm³/mol. The Hall–Kier alpha value is -1.78. The number of nitrogens with zero attached hydrogens (tertiary/aromatic N) is 2. The maximum Gasteiger partial charge on any atom is 0.319 e. The average Bonchev–Trinajstić information content (AvgIpc) is 2.17. The minimum absolute atomic E-state index is 0.0517. The molecule has 2 heterocycles. The van der Waals surface area contributed by atoms with E-state index in [1.807, 2.05) is 6.92 Å². The highest BCUT2D eigenvalue weighted by Crippen LogP contribution is 2.30. The van der Waals surface area contributed by atoms with Gasteiger partial charge in [0.15, 0.2) is 0 Å². The van der Waals surface area contributed by atoms with E-state index in [0.717, 1.165) is 0 Å². The average molecular weight is 193 g/mol. The third-order valence-electron chi connectivity index (χ3n) is 2.15. The Morgan fingerprint density at radius 1 is 1.79 bits per heavy atom. The van der Waals surface area contributed by atoms with Crippen LogP contribution in [0.4, 0.5) is 10.5 Å². The van der Waals surface area contributed by atoms with E-state index in [1.54, 1.807) is 18.3 Å². The molecule has 0 saturated carbocycles. The lowest BCUT2D eigenvalue weighted by Crippen LogP contribution is -2.47. The molecule has 5 nitrogen and oxygen atoms in total. The van der Waals surface area contributed by atoms with Crippen molar-refractivity contribution >= 4 is 11.7 Å². The van der Waals surface area contributed by atoms with Crippen molar-refractivity contribution in [2.45, 2.75) is 13.0 Å². The van der Waals surface area contributed by atoms with Gasteiger partial charge in [0, 0.05) is 6.20 Å². The van der Waals surface area contributed by atoms with Crippen molar-refractivity contribution in [1.82, 2.24) is 4.98 Å². The predicted octanol–water partition coefficient (Wildman–Crippen LogP) is 0.748. The van der Waals surface area contributed by atoms with Gasteiger partial charge in [-0.3, -0.25) is 4.90 Å². The van der Waals surface area contributed by atoms with Crippen LogP contribution in [-0.4, -0.2) is 23.7 Å². The number of hydrogen-bond donors (Lipinski definition) is 1. The number of urea groups is 1. The van der Waals surface area contributed by atoms with E-state index in [9.17, 15) is 4.79 Å². The van der Waals surface area contributed by atoms with E-state index < -0.39 is 6.03 Å². The Labute approximate surface area is 81.5 Å². The van der Waals surface area contributed by atoms with Crippen LogP contribution in [0.5, 0.6) is 5.88 Å². The number of pyridine rings is 1. The first kappa shape index (κ1) is 8.80. The number of hydrogen-bond acceptors (Lipinski definition) is 3. The van der Waals surface area contributed by atoms with Gasteiger partial charge in [0.1, 0.15) is 12.3 Å². The summed E-state index contributed by atoms with van der Waals surface area (Å²) < 4.78 is 5.36. The Bertz CT molecular complexity index is 367. The molecule has 2 rings (SSSR count). The minimum atomic E-state index is -0.477. The van der Waals surface area contributed by atoms with Crippen molar-refractivity contribution in [3.63, 3.8) is 0 Å². The number of fused-ring (bicyclic) bond motifs is 1. The van der Waals surface area contributed by atoms with Crippen LogP contribution in [0, 0.1) is 0 Å². The summed E-state index contributed by atoms with van der Waals surface area (Å²) in [6, 6.07) is 2.98. The third kappa shape index (κ3) is 1.26. The molecule has 0 saturated heterocycles.